The standard InChI is InChI=1S/C35H49N5O7/c1-34(2,3)28(32(45)46)39-33(47)38-25(21-14-19-11-6-7-12-20(19)15-21)31(44)40-17-22-16-35(4,5)24(22)26(40)30(43)37-23(27(41)29(36)42)13-18-9-8-10-18/h6-7,11-12,16,18-21,23-26,28H,8-10,13-15,17H2,1-5H3,(H2,36,42)(H,37,43)(H,45,46)(H2,38,39,47)/t19?,20?,21?,23?,24-,25-,26-,28+/m0/s1. The number of likely N-dealkylation sites (tertiary alicyclic amines) is 1. The summed E-state index contributed by atoms with van der Waals surface area (Å²) in [6.07, 6.45) is 14.6. The van der Waals surface area contributed by atoms with E-state index in [4.69, 9.17) is 5.73 Å². The Morgan fingerprint density at radius 2 is 1.62 bits per heavy atom. The molecule has 7 atom stereocenters. The Morgan fingerprint density at radius 1 is 1.00 bits per heavy atom. The lowest BCUT2D eigenvalue weighted by Crippen LogP contribution is -2.61. The highest BCUT2D eigenvalue weighted by Crippen LogP contribution is 2.52. The lowest BCUT2D eigenvalue weighted by molar-refractivity contribution is -0.144. The molecule has 0 bridgehead atoms. The van der Waals surface area contributed by atoms with E-state index in [2.05, 4.69) is 28.1 Å². The van der Waals surface area contributed by atoms with Gasteiger partial charge in [-0.25, -0.2) is 9.59 Å². The third kappa shape index (κ3) is 7.01. The number of nitrogens with zero attached hydrogens (tertiary/aromatic N) is 1. The largest absolute Gasteiger partial charge is 0.480 e. The van der Waals surface area contributed by atoms with Crippen molar-refractivity contribution < 1.29 is 33.9 Å². The minimum absolute atomic E-state index is 0.182. The zero-order valence-corrected chi connectivity index (χ0v) is 28.0. The Bertz CT molecular complexity index is 1400. The molecule has 5 rings (SSSR count). The summed E-state index contributed by atoms with van der Waals surface area (Å²) in [5.74, 6) is -4.16. The van der Waals surface area contributed by atoms with Gasteiger partial charge in [0.25, 0.3) is 5.91 Å². The number of ketones is 1. The van der Waals surface area contributed by atoms with Crippen molar-refractivity contribution in [1.29, 1.82) is 0 Å². The molecule has 6 N–H and O–H groups in total. The first-order valence-corrected chi connectivity index (χ1v) is 16.8. The second-order valence-corrected chi connectivity index (χ2v) is 15.8. The molecular formula is C35H49N5O7. The van der Waals surface area contributed by atoms with E-state index >= 15 is 0 Å². The lowest BCUT2D eigenvalue weighted by Gasteiger charge is -2.42. The first-order valence-electron chi connectivity index (χ1n) is 16.8. The average Bonchev–Trinajstić information content (AvgIpc) is 3.53. The number of amides is 5. The van der Waals surface area contributed by atoms with E-state index in [1.54, 1.807) is 20.8 Å². The Kier molecular flexibility index (Phi) is 9.45. The van der Waals surface area contributed by atoms with Crippen LogP contribution in [0.15, 0.2) is 36.0 Å². The van der Waals surface area contributed by atoms with Gasteiger partial charge in [0.15, 0.2) is 0 Å². The van der Waals surface area contributed by atoms with Crippen LogP contribution in [0.2, 0.25) is 0 Å². The Hall–Kier alpha value is -3.96. The molecule has 0 radical (unpaired) electrons. The number of fused-ring (bicyclic) bond motifs is 2. The highest BCUT2D eigenvalue weighted by atomic mass is 16.4. The zero-order chi connectivity index (χ0) is 34.4. The molecule has 4 aliphatic carbocycles. The summed E-state index contributed by atoms with van der Waals surface area (Å²) in [6.45, 7) is 9.26. The Labute approximate surface area is 276 Å². The van der Waals surface area contributed by atoms with Crippen molar-refractivity contribution in [2.45, 2.75) is 97.3 Å². The van der Waals surface area contributed by atoms with Crippen LogP contribution in [0.3, 0.4) is 0 Å². The van der Waals surface area contributed by atoms with E-state index in [1.807, 2.05) is 32.1 Å². The van der Waals surface area contributed by atoms with Crippen molar-refractivity contribution in [1.82, 2.24) is 20.9 Å². The number of carboxylic acid groups (broad SMARTS) is 1. The maximum atomic E-state index is 14.7. The smallest absolute Gasteiger partial charge is 0.326 e. The van der Waals surface area contributed by atoms with Crippen LogP contribution in [0.1, 0.15) is 73.1 Å². The van der Waals surface area contributed by atoms with E-state index < -0.39 is 70.5 Å². The summed E-state index contributed by atoms with van der Waals surface area (Å²) in [7, 11) is 0. The van der Waals surface area contributed by atoms with Crippen molar-refractivity contribution in [2.75, 3.05) is 6.54 Å². The molecule has 2 saturated carbocycles. The summed E-state index contributed by atoms with van der Waals surface area (Å²) >= 11 is 0. The van der Waals surface area contributed by atoms with Crippen molar-refractivity contribution in [2.24, 2.45) is 46.2 Å². The molecule has 12 nitrogen and oxygen atoms in total. The van der Waals surface area contributed by atoms with Crippen molar-refractivity contribution in [3.05, 3.63) is 36.0 Å². The van der Waals surface area contributed by atoms with Gasteiger partial charge >= 0.3 is 12.0 Å². The molecule has 3 unspecified atom stereocenters. The van der Waals surface area contributed by atoms with Crippen LogP contribution in [0, 0.1) is 40.4 Å². The van der Waals surface area contributed by atoms with Crippen LogP contribution in [0.4, 0.5) is 4.79 Å². The predicted molar refractivity (Wildman–Crippen MR) is 173 cm³/mol. The van der Waals surface area contributed by atoms with Crippen molar-refractivity contribution in [3.63, 3.8) is 0 Å². The number of allylic oxidation sites excluding steroid dienone is 5. The molecule has 1 heterocycles. The number of carboxylic acids is 1. The number of rotatable bonds is 11. The van der Waals surface area contributed by atoms with Gasteiger partial charge < -0.3 is 31.7 Å². The molecule has 12 heteroatoms. The fourth-order valence-corrected chi connectivity index (χ4v) is 8.29. The number of carbonyl (C=O) groups is 6. The molecule has 5 amide bonds. The number of carbonyl (C=O) groups excluding carboxylic acids is 5. The van der Waals surface area contributed by atoms with E-state index in [1.165, 1.54) is 4.90 Å². The van der Waals surface area contributed by atoms with Gasteiger partial charge in [-0.05, 0) is 59.3 Å². The Morgan fingerprint density at radius 3 is 2.11 bits per heavy atom. The highest BCUT2D eigenvalue weighted by Gasteiger charge is 2.57. The van der Waals surface area contributed by atoms with Gasteiger partial charge in [0.1, 0.15) is 18.1 Å². The number of primary amides is 1. The molecule has 0 aromatic rings. The minimum Gasteiger partial charge on any atom is -0.480 e. The quantitative estimate of drug-likeness (QED) is 0.168. The van der Waals surface area contributed by atoms with Gasteiger partial charge in [-0.3, -0.25) is 19.2 Å². The fraction of sp³-hybridized carbons (Fsp3) is 0.657. The second-order valence-electron chi connectivity index (χ2n) is 15.8. The molecule has 5 aliphatic rings. The van der Waals surface area contributed by atoms with Crippen LogP contribution in [0.5, 0.6) is 0 Å². The molecule has 3 fully saturated rings. The van der Waals surface area contributed by atoms with Gasteiger partial charge in [-0.15, -0.1) is 0 Å². The van der Waals surface area contributed by atoms with E-state index in [0.717, 1.165) is 24.8 Å². The van der Waals surface area contributed by atoms with Crippen LogP contribution < -0.4 is 21.7 Å². The van der Waals surface area contributed by atoms with Gasteiger partial charge in [-0.2, -0.15) is 0 Å². The first kappa shape index (κ1) is 34.4. The maximum absolute atomic E-state index is 14.7. The summed E-state index contributed by atoms with van der Waals surface area (Å²) in [5.41, 5.74) is 5.07. The van der Waals surface area contributed by atoms with E-state index in [-0.39, 0.29) is 36.1 Å². The highest BCUT2D eigenvalue weighted by molar-refractivity contribution is 6.37. The second kappa shape index (κ2) is 12.9. The zero-order valence-electron chi connectivity index (χ0n) is 28.0. The van der Waals surface area contributed by atoms with Gasteiger partial charge in [-0.1, -0.05) is 84.3 Å². The summed E-state index contributed by atoms with van der Waals surface area (Å²) in [6, 6.07) is -5.08. The minimum atomic E-state index is -1.21. The van der Waals surface area contributed by atoms with Gasteiger partial charge in [0.2, 0.25) is 17.6 Å². The number of hydrogen-bond donors (Lipinski definition) is 5. The molecule has 1 saturated heterocycles. The third-order valence-corrected chi connectivity index (χ3v) is 10.9. The first-order chi connectivity index (χ1) is 22.0. The molecule has 1 aliphatic heterocycles. The Balaban J connectivity index is 1.43. The van der Waals surface area contributed by atoms with Crippen LogP contribution in [-0.4, -0.2) is 76.2 Å². The van der Waals surface area contributed by atoms with Crippen LogP contribution >= 0.6 is 0 Å². The molecule has 256 valence electrons. The third-order valence-electron chi connectivity index (χ3n) is 10.9. The number of Topliss-reactive ketones (excluding diaryl/α,β-unsaturated/α-hetero) is 1. The number of urea groups is 1. The normalized spacial score (nSPS) is 29.2. The number of hydrogen-bond acceptors (Lipinski definition) is 6. The van der Waals surface area contributed by atoms with Gasteiger partial charge in [0, 0.05) is 12.5 Å². The summed E-state index contributed by atoms with van der Waals surface area (Å²) in [5, 5.41) is 18.0. The summed E-state index contributed by atoms with van der Waals surface area (Å²) in [4.78, 5) is 80.5. The molecular weight excluding hydrogens is 602 g/mol. The molecule has 0 aromatic carbocycles. The van der Waals surface area contributed by atoms with E-state index in [0.29, 0.717) is 19.3 Å². The SMILES string of the molecule is CC(C)(C)[C@H](NC(=O)N[C@H](C(=O)N1CC2=CC(C)(C)[C@@H]2[C@H]1C(=O)NC(CC1CCC1)C(=O)C(N)=O)C1CC2C=CC=CC2C1)C(=O)O. The fourth-order valence-electron chi connectivity index (χ4n) is 8.29. The number of nitrogens with one attached hydrogen (secondary N) is 3. The van der Waals surface area contributed by atoms with E-state index in [9.17, 15) is 33.9 Å². The van der Waals surface area contributed by atoms with Gasteiger partial charge in [0.05, 0.1) is 6.04 Å². The maximum Gasteiger partial charge on any atom is 0.326 e. The molecule has 0 aromatic heterocycles. The topological polar surface area (TPSA) is 188 Å². The van der Waals surface area contributed by atoms with Crippen molar-refractivity contribution >= 4 is 35.5 Å². The number of nitrogens with two attached hydrogens (primary N) is 1. The van der Waals surface area contributed by atoms with Crippen LogP contribution in [-0.2, 0) is 24.0 Å². The van der Waals surface area contributed by atoms with Crippen LogP contribution in [0.25, 0.3) is 0 Å². The molecule has 47 heavy (non-hydrogen) atoms. The average molecular weight is 652 g/mol. The lowest BCUT2D eigenvalue weighted by atomic mass is 9.63. The summed E-state index contributed by atoms with van der Waals surface area (Å²) < 4.78 is 0. The predicted octanol–water partition coefficient (Wildman–Crippen LogP) is 2.44. The molecule has 0 spiro atoms. The number of aliphatic carboxylic acids is 1. The van der Waals surface area contributed by atoms with Crippen molar-refractivity contribution in [3.8, 4) is 0 Å². The monoisotopic (exact) mass is 651 g/mol.